The summed E-state index contributed by atoms with van der Waals surface area (Å²) < 4.78 is 3.28. The molecule has 0 aromatic carbocycles. The number of halogens is 4. The second-order valence-electron chi connectivity index (χ2n) is 4.17. The van der Waals surface area contributed by atoms with E-state index in [1.165, 1.54) is 0 Å². The van der Waals surface area contributed by atoms with E-state index in [2.05, 4.69) is 0 Å². The third-order valence-electron chi connectivity index (χ3n) is 2.46. The molecule has 0 aliphatic heterocycles. The number of carbonyl (C=O) groups excluding carboxylic acids is 2. The highest BCUT2D eigenvalue weighted by Crippen LogP contribution is 2.36. The highest BCUT2D eigenvalue weighted by atomic mass is 35.6. The summed E-state index contributed by atoms with van der Waals surface area (Å²) in [5, 5.41) is -0.712. The fourth-order valence-electron chi connectivity index (χ4n) is 1.64. The third kappa shape index (κ3) is 8.96. The molecule has 0 aliphatic carbocycles. The summed E-state index contributed by atoms with van der Waals surface area (Å²) in [6.45, 7) is 3.82. The van der Waals surface area contributed by atoms with Crippen LogP contribution in [0.2, 0.25) is 0 Å². The molecule has 0 aliphatic rings. The van der Waals surface area contributed by atoms with Crippen molar-refractivity contribution < 1.29 is 14.3 Å². The van der Waals surface area contributed by atoms with Gasteiger partial charge >= 0.3 is 5.97 Å². The Bertz CT molecular complexity index is 302. The normalized spacial score (nSPS) is 14.8. The molecule has 2 atom stereocenters. The molecular formula is C12H18Cl4O3. The van der Waals surface area contributed by atoms with Crippen LogP contribution in [0.1, 0.15) is 39.5 Å². The van der Waals surface area contributed by atoms with E-state index in [1.54, 1.807) is 6.92 Å². The molecule has 0 saturated carbocycles. The maximum Gasteiger partial charge on any atom is 0.306 e. The first kappa shape index (κ1) is 19.3. The maximum absolute atomic E-state index is 12.0. The largest absolute Gasteiger partial charge is 0.466 e. The number of hydrogen-bond donors (Lipinski definition) is 0. The van der Waals surface area contributed by atoms with Crippen molar-refractivity contribution in [3.8, 4) is 0 Å². The second kappa shape index (κ2) is 9.28. The average Bonchev–Trinajstić information content (AvgIpc) is 2.24. The monoisotopic (exact) mass is 350 g/mol. The number of esters is 1. The first-order chi connectivity index (χ1) is 8.71. The van der Waals surface area contributed by atoms with Crippen molar-refractivity contribution in [1.29, 1.82) is 0 Å². The Morgan fingerprint density at radius 1 is 1.21 bits per heavy atom. The van der Waals surface area contributed by atoms with Gasteiger partial charge in [-0.25, -0.2) is 0 Å². The topological polar surface area (TPSA) is 43.4 Å². The van der Waals surface area contributed by atoms with Crippen LogP contribution in [0.15, 0.2) is 0 Å². The van der Waals surface area contributed by atoms with Gasteiger partial charge in [0.25, 0.3) is 0 Å². The number of carbonyl (C=O) groups is 2. The molecule has 0 aromatic rings. The predicted molar refractivity (Wildman–Crippen MR) is 79.2 cm³/mol. The molecule has 0 saturated heterocycles. The Labute approximate surface area is 133 Å². The van der Waals surface area contributed by atoms with Crippen LogP contribution in [-0.2, 0) is 14.3 Å². The minimum Gasteiger partial charge on any atom is -0.466 e. The van der Waals surface area contributed by atoms with E-state index in [-0.39, 0.29) is 25.2 Å². The number of ketones is 1. The zero-order valence-corrected chi connectivity index (χ0v) is 14.0. The smallest absolute Gasteiger partial charge is 0.306 e. The molecule has 19 heavy (non-hydrogen) atoms. The van der Waals surface area contributed by atoms with Crippen LogP contribution >= 0.6 is 46.4 Å². The maximum atomic E-state index is 12.0. The molecule has 7 heteroatoms. The third-order valence-corrected chi connectivity index (χ3v) is 3.39. The van der Waals surface area contributed by atoms with Crippen molar-refractivity contribution in [3.05, 3.63) is 0 Å². The summed E-state index contributed by atoms with van der Waals surface area (Å²) in [5.41, 5.74) is 0. The van der Waals surface area contributed by atoms with Crippen LogP contribution in [0, 0.1) is 5.92 Å². The van der Waals surface area contributed by atoms with Crippen LogP contribution in [0.25, 0.3) is 0 Å². The molecule has 0 heterocycles. The number of ether oxygens (including phenoxy) is 1. The van der Waals surface area contributed by atoms with E-state index < -0.39 is 21.1 Å². The van der Waals surface area contributed by atoms with Crippen LogP contribution in [0.4, 0.5) is 0 Å². The lowest BCUT2D eigenvalue weighted by atomic mass is 9.92. The molecular weight excluding hydrogens is 334 g/mol. The molecule has 0 N–H and O–H groups in total. The van der Waals surface area contributed by atoms with E-state index in [9.17, 15) is 9.59 Å². The van der Waals surface area contributed by atoms with Crippen molar-refractivity contribution >= 4 is 58.2 Å². The van der Waals surface area contributed by atoms with Gasteiger partial charge < -0.3 is 4.74 Å². The van der Waals surface area contributed by atoms with Crippen LogP contribution < -0.4 is 0 Å². The number of alkyl halides is 4. The minimum atomic E-state index is -1.55. The SMILES string of the molecule is CCCC(=O)C(CC(=O)OCC)C(Cl)CC(Cl)(Cl)Cl. The number of Topliss-reactive ketones (excluding diaryl/α,β-unsaturated/α-hetero) is 1. The van der Waals surface area contributed by atoms with Crippen LogP contribution in [-0.4, -0.2) is 27.5 Å². The summed E-state index contributed by atoms with van der Waals surface area (Å²) in [7, 11) is 0. The molecule has 0 radical (unpaired) electrons. The van der Waals surface area contributed by atoms with Crippen LogP contribution in [0.3, 0.4) is 0 Å². The summed E-state index contributed by atoms with van der Waals surface area (Å²) >= 11 is 23.1. The highest BCUT2D eigenvalue weighted by Gasteiger charge is 2.34. The summed E-state index contributed by atoms with van der Waals surface area (Å²) in [4.78, 5) is 23.5. The molecule has 0 spiro atoms. The molecule has 2 unspecified atom stereocenters. The summed E-state index contributed by atoms with van der Waals surface area (Å²) in [6.07, 6.45) is 0.934. The molecule has 0 rings (SSSR count). The summed E-state index contributed by atoms with van der Waals surface area (Å²) in [6, 6.07) is 0. The lowest BCUT2D eigenvalue weighted by Gasteiger charge is -2.23. The fourth-order valence-corrected chi connectivity index (χ4v) is 2.83. The Hall–Kier alpha value is 0.300. The van der Waals surface area contributed by atoms with E-state index in [4.69, 9.17) is 51.1 Å². The fraction of sp³-hybridized carbons (Fsp3) is 0.833. The van der Waals surface area contributed by atoms with Gasteiger partial charge in [0.1, 0.15) is 5.78 Å². The first-order valence-electron chi connectivity index (χ1n) is 6.10. The number of hydrogen-bond acceptors (Lipinski definition) is 3. The zero-order chi connectivity index (χ0) is 15.1. The van der Waals surface area contributed by atoms with Gasteiger partial charge in [-0.1, -0.05) is 41.7 Å². The lowest BCUT2D eigenvalue weighted by molar-refractivity contribution is -0.146. The quantitative estimate of drug-likeness (QED) is 0.483. The van der Waals surface area contributed by atoms with Crippen molar-refractivity contribution in [2.45, 2.75) is 48.7 Å². The van der Waals surface area contributed by atoms with E-state index >= 15 is 0 Å². The minimum absolute atomic E-state index is 0.00124. The lowest BCUT2D eigenvalue weighted by Crippen LogP contribution is -2.30. The van der Waals surface area contributed by atoms with Gasteiger partial charge in [-0.3, -0.25) is 9.59 Å². The Morgan fingerprint density at radius 3 is 2.21 bits per heavy atom. The van der Waals surface area contributed by atoms with Gasteiger partial charge in [0.15, 0.2) is 3.79 Å². The molecule has 0 bridgehead atoms. The van der Waals surface area contributed by atoms with Crippen molar-refractivity contribution in [2.24, 2.45) is 5.92 Å². The van der Waals surface area contributed by atoms with Gasteiger partial charge in [-0.05, 0) is 13.3 Å². The van der Waals surface area contributed by atoms with Crippen LogP contribution in [0.5, 0.6) is 0 Å². The Balaban J connectivity index is 4.74. The van der Waals surface area contributed by atoms with Gasteiger partial charge in [0.2, 0.25) is 0 Å². The summed E-state index contributed by atoms with van der Waals surface area (Å²) in [5.74, 6) is -1.26. The van der Waals surface area contributed by atoms with Crippen molar-refractivity contribution in [3.63, 3.8) is 0 Å². The highest BCUT2D eigenvalue weighted by molar-refractivity contribution is 6.67. The second-order valence-corrected chi connectivity index (χ2v) is 7.24. The van der Waals surface area contributed by atoms with Gasteiger partial charge in [-0.15, -0.1) is 11.6 Å². The van der Waals surface area contributed by atoms with Crippen molar-refractivity contribution in [1.82, 2.24) is 0 Å². The standard InChI is InChI=1S/C12H18Cl4O3/c1-3-5-10(17)8(6-11(18)19-4-2)9(13)7-12(14,15)16/h8-9H,3-7H2,1-2H3. The first-order valence-corrected chi connectivity index (χ1v) is 7.67. The average molecular weight is 352 g/mol. The predicted octanol–water partition coefficient (Wildman–Crippen LogP) is 4.29. The molecule has 3 nitrogen and oxygen atoms in total. The molecule has 112 valence electrons. The Morgan fingerprint density at radius 2 is 1.79 bits per heavy atom. The number of rotatable bonds is 8. The van der Waals surface area contributed by atoms with Crippen molar-refractivity contribution in [2.75, 3.05) is 6.61 Å². The van der Waals surface area contributed by atoms with Gasteiger partial charge in [0.05, 0.1) is 13.0 Å². The Kier molecular flexibility index (Phi) is 9.42. The van der Waals surface area contributed by atoms with E-state index in [0.717, 1.165) is 0 Å². The molecule has 0 amide bonds. The zero-order valence-electron chi connectivity index (χ0n) is 10.9. The molecule has 0 aromatic heterocycles. The van der Waals surface area contributed by atoms with E-state index in [0.29, 0.717) is 12.8 Å². The van der Waals surface area contributed by atoms with E-state index in [1.807, 2.05) is 6.92 Å². The molecule has 0 fully saturated rings. The van der Waals surface area contributed by atoms with Gasteiger partial charge in [-0.2, -0.15) is 0 Å². The van der Waals surface area contributed by atoms with Gasteiger partial charge in [0, 0.05) is 24.1 Å².